The van der Waals surface area contributed by atoms with E-state index in [2.05, 4.69) is 18.9 Å². The Labute approximate surface area is 106 Å². The van der Waals surface area contributed by atoms with E-state index in [9.17, 15) is 9.59 Å². The van der Waals surface area contributed by atoms with E-state index < -0.39 is 0 Å². The SMILES string of the molecule is CCCN(C)CCC(C=O)CCCC(C)C=O. The molecule has 0 aromatic carbocycles. The zero-order chi connectivity index (χ0) is 13.1. The number of nitrogens with zero attached hydrogens (tertiary/aromatic N) is 1. The second-order valence-corrected chi connectivity index (χ2v) is 5.03. The highest BCUT2D eigenvalue weighted by molar-refractivity contribution is 5.53. The Morgan fingerprint density at radius 3 is 2.29 bits per heavy atom. The van der Waals surface area contributed by atoms with Gasteiger partial charge in [-0.25, -0.2) is 0 Å². The molecule has 17 heavy (non-hydrogen) atoms. The van der Waals surface area contributed by atoms with Gasteiger partial charge >= 0.3 is 0 Å². The van der Waals surface area contributed by atoms with Crippen LogP contribution < -0.4 is 0 Å². The van der Waals surface area contributed by atoms with Crippen molar-refractivity contribution in [1.82, 2.24) is 4.90 Å². The summed E-state index contributed by atoms with van der Waals surface area (Å²) in [5.74, 6) is 0.290. The monoisotopic (exact) mass is 241 g/mol. The van der Waals surface area contributed by atoms with E-state index >= 15 is 0 Å². The Bertz CT molecular complexity index is 206. The number of carbonyl (C=O) groups is 2. The van der Waals surface area contributed by atoms with Gasteiger partial charge in [-0.15, -0.1) is 0 Å². The molecule has 0 aromatic heterocycles. The Kier molecular flexibility index (Phi) is 10.0. The molecule has 0 saturated carbocycles. The van der Waals surface area contributed by atoms with Gasteiger partial charge in [0.05, 0.1) is 0 Å². The fourth-order valence-electron chi connectivity index (χ4n) is 1.93. The molecule has 0 bridgehead atoms. The van der Waals surface area contributed by atoms with Crippen LogP contribution in [0.5, 0.6) is 0 Å². The molecule has 0 N–H and O–H groups in total. The summed E-state index contributed by atoms with van der Waals surface area (Å²) in [5, 5.41) is 0. The van der Waals surface area contributed by atoms with E-state index in [4.69, 9.17) is 0 Å². The Morgan fingerprint density at radius 1 is 1.06 bits per heavy atom. The number of hydrogen-bond donors (Lipinski definition) is 0. The summed E-state index contributed by atoms with van der Waals surface area (Å²) in [7, 11) is 2.10. The third-order valence-electron chi connectivity index (χ3n) is 3.15. The van der Waals surface area contributed by atoms with E-state index in [0.29, 0.717) is 0 Å². The molecule has 100 valence electrons. The number of hydrogen-bond acceptors (Lipinski definition) is 3. The van der Waals surface area contributed by atoms with Crippen molar-refractivity contribution in [1.29, 1.82) is 0 Å². The highest BCUT2D eigenvalue weighted by atomic mass is 16.1. The summed E-state index contributed by atoms with van der Waals surface area (Å²) in [6, 6.07) is 0. The maximum atomic E-state index is 10.9. The van der Waals surface area contributed by atoms with Gasteiger partial charge in [0.15, 0.2) is 0 Å². The molecule has 0 heterocycles. The van der Waals surface area contributed by atoms with Gasteiger partial charge in [0, 0.05) is 11.8 Å². The molecule has 2 unspecified atom stereocenters. The third-order valence-corrected chi connectivity index (χ3v) is 3.15. The molecule has 0 radical (unpaired) electrons. The van der Waals surface area contributed by atoms with Crippen LogP contribution in [-0.4, -0.2) is 37.6 Å². The molecule has 3 nitrogen and oxygen atoms in total. The topological polar surface area (TPSA) is 37.4 Å². The average molecular weight is 241 g/mol. The second kappa shape index (κ2) is 10.5. The van der Waals surface area contributed by atoms with Crippen molar-refractivity contribution in [3.05, 3.63) is 0 Å². The van der Waals surface area contributed by atoms with Crippen LogP contribution in [0.3, 0.4) is 0 Å². The first-order valence-corrected chi connectivity index (χ1v) is 6.73. The van der Waals surface area contributed by atoms with Crippen molar-refractivity contribution in [2.24, 2.45) is 11.8 Å². The quantitative estimate of drug-likeness (QED) is 0.522. The standard InChI is InChI=1S/C14H27NO2/c1-4-9-15(3)10-8-14(12-17)7-5-6-13(2)11-16/h11-14H,4-10H2,1-3H3. The first-order valence-electron chi connectivity index (χ1n) is 6.73. The lowest BCUT2D eigenvalue weighted by atomic mass is 9.96. The van der Waals surface area contributed by atoms with Gasteiger partial charge in [0.1, 0.15) is 12.6 Å². The van der Waals surface area contributed by atoms with Crippen LogP contribution in [0.2, 0.25) is 0 Å². The molecule has 0 aromatic rings. The molecule has 0 aliphatic heterocycles. The predicted molar refractivity (Wildman–Crippen MR) is 71.0 cm³/mol. The van der Waals surface area contributed by atoms with E-state index in [-0.39, 0.29) is 11.8 Å². The lowest BCUT2D eigenvalue weighted by molar-refractivity contribution is -0.111. The molecule has 0 aliphatic carbocycles. The van der Waals surface area contributed by atoms with Crippen molar-refractivity contribution >= 4 is 12.6 Å². The molecule has 2 atom stereocenters. The number of aldehydes is 2. The van der Waals surface area contributed by atoms with Crippen LogP contribution in [-0.2, 0) is 9.59 Å². The van der Waals surface area contributed by atoms with Crippen molar-refractivity contribution in [2.45, 2.75) is 46.0 Å². The largest absolute Gasteiger partial charge is 0.306 e. The number of rotatable bonds is 11. The van der Waals surface area contributed by atoms with Crippen LogP contribution >= 0.6 is 0 Å². The Hall–Kier alpha value is -0.700. The Balaban J connectivity index is 3.69. The van der Waals surface area contributed by atoms with Gasteiger partial charge in [-0.05, 0) is 45.8 Å². The fourth-order valence-corrected chi connectivity index (χ4v) is 1.93. The molecule has 0 rings (SSSR count). The maximum Gasteiger partial charge on any atom is 0.123 e. The highest BCUT2D eigenvalue weighted by Gasteiger charge is 2.09. The summed E-state index contributed by atoms with van der Waals surface area (Å²) >= 11 is 0. The first kappa shape index (κ1) is 16.3. The lowest BCUT2D eigenvalue weighted by Gasteiger charge is -2.18. The molecule has 0 fully saturated rings. The lowest BCUT2D eigenvalue weighted by Crippen LogP contribution is -2.23. The van der Waals surface area contributed by atoms with E-state index in [0.717, 1.165) is 57.8 Å². The minimum atomic E-state index is 0.130. The molecule has 3 heteroatoms. The van der Waals surface area contributed by atoms with Crippen LogP contribution in [0.1, 0.15) is 46.0 Å². The highest BCUT2D eigenvalue weighted by Crippen LogP contribution is 2.14. The van der Waals surface area contributed by atoms with Crippen LogP contribution in [0.4, 0.5) is 0 Å². The molecule has 0 aliphatic rings. The molecular formula is C14H27NO2. The molecule has 0 spiro atoms. The van der Waals surface area contributed by atoms with Gasteiger partial charge in [0.2, 0.25) is 0 Å². The summed E-state index contributed by atoms with van der Waals surface area (Å²) in [6.07, 6.45) is 6.95. The summed E-state index contributed by atoms with van der Waals surface area (Å²) in [5.41, 5.74) is 0. The van der Waals surface area contributed by atoms with Crippen LogP contribution in [0.15, 0.2) is 0 Å². The van der Waals surface area contributed by atoms with Gasteiger partial charge in [-0.2, -0.15) is 0 Å². The van der Waals surface area contributed by atoms with Gasteiger partial charge in [0.25, 0.3) is 0 Å². The minimum Gasteiger partial charge on any atom is -0.306 e. The van der Waals surface area contributed by atoms with Crippen LogP contribution in [0, 0.1) is 11.8 Å². The summed E-state index contributed by atoms with van der Waals surface area (Å²) in [6.45, 7) is 6.17. The van der Waals surface area contributed by atoms with E-state index in [1.165, 1.54) is 0 Å². The normalized spacial score (nSPS) is 14.6. The van der Waals surface area contributed by atoms with Crippen LogP contribution in [0.25, 0.3) is 0 Å². The fraction of sp³-hybridized carbons (Fsp3) is 0.857. The third kappa shape index (κ3) is 9.04. The first-order chi connectivity index (χ1) is 8.13. The average Bonchev–Trinajstić information content (AvgIpc) is 2.33. The molecular weight excluding hydrogens is 214 g/mol. The minimum absolute atomic E-state index is 0.130. The van der Waals surface area contributed by atoms with E-state index in [1.807, 2.05) is 6.92 Å². The second-order valence-electron chi connectivity index (χ2n) is 5.03. The maximum absolute atomic E-state index is 10.9. The van der Waals surface area contributed by atoms with Crippen molar-refractivity contribution in [3.63, 3.8) is 0 Å². The number of carbonyl (C=O) groups excluding carboxylic acids is 2. The zero-order valence-electron chi connectivity index (χ0n) is 11.5. The van der Waals surface area contributed by atoms with Gasteiger partial charge in [-0.3, -0.25) is 0 Å². The summed E-state index contributed by atoms with van der Waals surface area (Å²) < 4.78 is 0. The predicted octanol–water partition coefficient (Wildman–Crippen LogP) is 2.54. The van der Waals surface area contributed by atoms with E-state index in [1.54, 1.807) is 0 Å². The summed E-state index contributed by atoms with van der Waals surface area (Å²) in [4.78, 5) is 23.7. The van der Waals surface area contributed by atoms with Gasteiger partial charge < -0.3 is 14.5 Å². The van der Waals surface area contributed by atoms with Gasteiger partial charge in [-0.1, -0.05) is 20.3 Å². The van der Waals surface area contributed by atoms with Crippen molar-refractivity contribution < 1.29 is 9.59 Å². The van der Waals surface area contributed by atoms with Crippen molar-refractivity contribution in [3.8, 4) is 0 Å². The zero-order valence-corrected chi connectivity index (χ0v) is 11.5. The Morgan fingerprint density at radius 2 is 1.76 bits per heavy atom. The van der Waals surface area contributed by atoms with Crippen molar-refractivity contribution in [2.75, 3.05) is 20.1 Å². The molecule has 0 amide bonds. The smallest absolute Gasteiger partial charge is 0.123 e. The molecule has 0 saturated heterocycles.